The Labute approximate surface area is 162 Å². The Hall–Kier alpha value is -2.06. The molecule has 1 aliphatic rings. The summed E-state index contributed by atoms with van der Waals surface area (Å²) in [4.78, 5) is 22.7. The first-order chi connectivity index (χ1) is 12.8. The zero-order valence-electron chi connectivity index (χ0n) is 15.9. The molecule has 3 rings (SSSR count). The van der Waals surface area contributed by atoms with Gasteiger partial charge in [-0.25, -0.2) is 9.37 Å². The van der Waals surface area contributed by atoms with Crippen molar-refractivity contribution in [2.45, 2.75) is 45.8 Å². The smallest absolute Gasteiger partial charge is 0.223 e. The van der Waals surface area contributed by atoms with Gasteiger partial charge in [0.1, 0.15) is 12.4 Å². The van der Waals surface area contributed by atoms with Crippen LogP contribution in [0, 0.1) is 13.8 Å². The van der Waals surface area contributed by atoms with E-state index >= 15 is 4.39 Å². The molecule has 1 aliphatic heterocycles. The van der Waals surface area contributed by atoms with Crippen molar-refractivity contribution in [3.05, 3.63) is 34.6 Å². The summed E-state index contributed by atoms with van der Waals surface area (Å²) in [6, 6.07) is 3.66. The Morgan fingerprint density at radius 1 is 1.41 bits per heavy atom. The molecule has 27 heavy (non-hydrogen) atoms. The number of carbonyl (C=O) groups is 1. The summed E-state index contributed by atoms with van der Waals surface area (Å²) in [6.45, 7) is 7.07. The quantitative estimate of drug-likeness (QED) is 0.815. The molecule has 0 radical (unpaired) electrons. The van der Waals surface area contributed by atoms with Crippen LogP contribution in [0.25, 0.3) is 0 Å². The van der Waals surface area contributed by atoms with Gasteiger partial charge in [-0.05, 0) is 33.2 Å². The highest BCUT2D eigenvalue weighted by Gasteiger charge is 2.36. The van der Waals surface area contributed by atoms with Gasteiger partial charge in [0.15, 0.2) is 10.8 Å². The normalized spacial score (nSPS) is 20.4. The first-order valence-corrected chi connectivity index (χ1v) is 9.85. The average molecular weight is 393 g/mol. The second-order valence-corrected chi connectivity index (χ2v) is 8.27. The van der Waals surface area contributed by atoms with E-state index in [2.05, 4.69) is 20.2 Å². The summed E-state index contributed by atoms with van der Waals surface area (Å²) in [5, 5.41) is 3.25. The summed E-state index contributed by atoms with van der Waals surface area (Å²) in [5.74, 6) is 0.520. The van der Waals surface area contributed by atoms with Crippen LogP contribution in [0.3, 0.4) is 0 Å². The Morgan fingerprint density at radius 3 is 2.85 bits per heavy atom. The lowest BCUT2D eigenvalue weighted by Gasteiger charge is -2.36. The number of hydrogen-bond donors (Lipinski definition) is 1. The first kappa shape index (κ1) is 19.7. The molecular weight excluding hydrogens is 367 g/mol. The van der Waals surface area contributed by atoms with E-state index in [9.17, 15) is 4.79 Å². The largest absolute Gasteiger partial charge is 0.490 e. The molecule has 1 atom stereocenters. The van der Waals surface area contributed by atoms with Crippen LogP contribution in [0.15, 0.2) is 18.3 Å². The lowest BCUT2D eigenvalue weighted by Crippen LogP contribution is -2.48. The summed E-state index contributed by atoms with van der Waals surface area (Å²) in [7, 11) is 0. The Morgan fingerprint density at radius 2 is 2.15 bits per heavy atom. The lowest BCUT2D eigenvalue weighted by molar-refractivity contribution is -0.114. The van der Waals surface area contributed by atoms with Crippen LogP contribution < -0.4 is 10.1 Å². The van der Waals surface area contributed by atoms with Crippen LogP contribution in [0.5, 0.6) is 5.75 Å². The van der Waals surface area contributed by atoms with Gasteiger partial charge in [0.05, 0.1) is 0 Å². The predicted octanol–water partition coefficient (Wildman–Crippen LogP) is 3.50. The van der Waals surface area contributed by atoms with Crippen LogP contribution in [-0.4, -0.2) is 46.1 Å². The number of carbonyl (C=O) groups excluding carboxylic acids is 1. The Balaban J connectivity index is 1.57. The zero-order valence-corrected chi connectivity index (χ0v) is 16.7. The summed E-state index contributed by atoms with van der Waals surface area (Å²) in [6.07, 6.45) is 3.02. The standard InChI is InChI=1S/C19H25FN4O2S/c1-13-7-16(8-14(2)22-13)26-12-19(20)5-4-6-24(11-19)10-17-9-21-18(27-17)23-15(3)25/h7-9H,4-6,10-12H2,1-3H3,(H,21,23,25). The molecular formula is C19H25FN4O2S. The highest BCUT2D eigenvalue weighted by atomic mass is 32.1. The number of alkyl halides is 1. The molecule has 2 aromatic heterocycles. The minimum absolute atomic E-state index is 0.0340. The maximum Gasteiger partial charge on any atom is 0.223 e. The lowest BCUT2D eigenvalue weighted by atomic mass is 9.95. The number of likely N-dealkylation sites (tertiary alicyclic amines) is 1. The number of anilines is 1. The van der Waals surface area contributed by atoms with Gasteiger partial charge in [0.25, 0.3) is 0 Å². The topological polar surface area (TPSA) is 67.4 Å². The molecule has 1 amide bonds. The Bertz CT molecular complexity index is 793. The molecule has 3 heterocycles. The highest BCUT2D eigenvalue weighted by molar-refractivity contribution is 7.15. The number of aromatic nitrogens is 2. The van der Waals surface area contributed by atoms with Gasteiger partial charge in [0, 0.05) is 54.6 Å². The van der Waals surface area contributed by atoms with E-state index in [0.29, 0.717) is 30.4 Å². The second kappa shape index (κ2) is 8.31. The molecule has 0 saturated carbocycles. The average Bonchev–Trinajstić information content (AvgIpc) is 2.98. The van der Waals surface area contributed by atoms with Gasteiger partial charge in [-0.1, -0.05) is 0 Å². The van der Waals surface area contributed by atoms with Gasteiger partial charge >= 0.3 is 0 Å². The third kappa shape index (κ3) is 5.71. The monoisotopic (exact) mass is 392 g/mol. The van der Waals surface area contributed by atoms with E-state index in [-0.39, 0.29) is 12.5 Å². The number of amides is 1. The fourth-order valence-corrected chi connectivity index (χ4v) is 4.23. The molecule has 6 nitrogen and oxygen atoms in total. The number of ether oxygens (including phenoxy) is 1. The first-order valence-electron chi connectivity index (χ1n) is 9.03. The second-order valence-electron chi connectivity index (χ2n) is 7.15. The molecule has 1 N–H and O–H groups in total. The van der Waals surface area contributed by atoms with Gasteiger partial charge in [-0.15, -0.1) is 11.3 Å². The van der Waals surface area contributed by atoms with Crippen molar-refractivity contribution in [3.8, 4) is 5.75 Å². The number of nitrogens with one attached hydrogen (secondary N) is 1. The van der Waals surface area contributed by atoms with Crippen LogP contribution in [-0.2, 0) is 11.3 Å². The minimum Gasteiger partial charge on any atom is -0.490 e. The molecule has 2 aromatic rings. The third-order valence-corrected chi connectivity index (χ3v) is 5.27. The van der Waals surface area contributed by atoms with Crippen molar-refractivity contribution in [2.24, 2.45) is 0 Å². The zero-order chi connectivity index (χ0) is 19.4. The summed E-state index contributed by atoms with van der Waals surface area (Å²) >= 11 is 1.42. The number of nitrogens with zero attached hydrogens (tertiary/aromatic N) is 3. The fourth-order valence-electron chi connectivity index (χ4n) is 3.33. The van der Waals surface area contributed by atoms with E-state index in [0.717, 1.165) is 29.2 Å². The summed E-state index contributed by atoms with van der Waals surface area (Å²) in [5.41, 5.74) is 0.348. The number of piperidine rings is 1. The molecule has 0 aliphatic carbocycles. The molecule has 0 spiro atoms. The molecule has 8 heteroatoms. The number of halogens is 1. The van der Waals surface area contributed by atoms with E-state index in [1.54, 1.807) is 6.20 Å². The molecule has 1 fully saturated rings. The number of thiazole rings is 1. The van der Waals surface area contributed by atoms with Gasteiger partial charge in [0.2, 0.25) is 5.91 Å². The van der Waals surface area contributed by atoms with Gasteiger partial charge < -0.3 is 10.1 Å². The van der Waals surface area contributed by atoms with Gasteiger partial charge in [-0.2, -0.15) is 0 Å². The van der Waals surface area contributed by atoms with Crippen LogP contribution >= 0.6 is 11.3 Å². The number of hydrogen-bond acceptors (Lipinski definition) is 6. The molecule has 1 unspecified atom stereocenters. The van der Waals surface area contributed by atoms with Crippen LogP contribution in [0.2, 0.25) is 0 Å². The van der Waals surface area contributed by atoms with Crippen molar-refractivity contribution in [1.82, 2.24) is 14.9 Å². The van der Waals surface area contributed by atoms with E-state index in [1.165, 1.54) is 18.3 Å². The molecule has 0 bridgehead atoms. The fraction of sp³-hybridized carbons (Fsp3) is 0.526. The predicted molar refractivity (Wildman–Crippen MR) is 104 cm³/mol. The van der Waals surface area contributed by atoms with Crippen molar-refractivity contribution in [2.75, 3.05) is 25.0 Å². The maximum atomic E-state index is 15.3. The third-order valence-electron chi connectivity index (χ3n) is 4.37. The molecule has 1 saturated heterocycles. The van der Waals surface area contributed by atoms with Crippen LogP contribution in [0.1, 0.15) is 36.0 Å². The van der Waals surface area contributed by atoms with Crippen molar-refractivity contribution in [3.63, 3.8) is 0 Å². The van der Waals surface area contributed by atoms with E-state index in [1.807, 2.05) is 26.0 Å². The van der Waals surface area contributed by atoms with Crippen molar-refractivity contribution in [1.29, 1.82) is 0 Å². The van der Waals surface area contributed by atoms with Gasteiger partial charge in [-0.3, -0.25) is 14.7 Å². The number of rotatable bonds is 6. The molecule has 0 aromatic carbocycles. The van der Waals surface area contributed by atoms with Crippen molar-refractivity contribution >= 4 is 22.4 Å². The SMILES string of the molecule is CC(=O)Nc1ncc(CN2CCCC(F)(COc3cc(C)nc(C)c3)C2)s1. The summed E-state index contributed by atoms with van der Waals surface area (Å²) < 4.78 is 21.1. The minimum atomic E-state index is -1.38. The molecule has 146 valence electrons. The van der Waals surface area contributed by atoms with Crippen molar-refractivity contribution < 1.29 is 13.9 Å². The number of aryl methyl sites for hydroxylation is 2. The highest BCUT2D eigenvalue weighted by Crippen LogP contribution is 2.29. The maximum absolute atomic E-state index is 15.3. The van der Waals surface area contributed by atoms with E-state index in [4.69, 9.17) is 4.74 Å². The van der Waals surface area contributed by atoms with Crippen LogP contribution in [0.4, 0.5) is 9.52 Å². The Kier molecular flexibility index (Phi) is 6.06. The number of pyridine rings is 1. The van der Waals surface area contributed by atoms with E-state index < -0.39 is 5.67 Å².